The summed E-state index contributed by atoms with van der Waals surface area (Å²) in [7, 11) is 0. The molecule has 1 N–H and O–H groups in total. The third-order valence-electron chi connectivity index (χ3n) is 3.31. The smallest absolute Gasteiger partial charge is 0.321 e. The van der Waals surface area contributed by atoms with Crippen LogP contribution in [0.5, 0.6) is 0 Å². The van der Waals surface area contributed by atoms with Crippen molar-refractivity contribution < 1.29 is 4.79 Å². The molecule has 4 heteroatoms. The molecule has 1 aliphatic rings. The average Bonchev–Trinajstić information content (AvgIpc) is 2.34. The number of benzene rings is 1. The highest BCUT2D eigenvalue weighted by atomic mass is 35.5. The third-order valence-corrected chi connectivity index (χ3v) is 3.61. The van der Waals surface area contributed by atoms with Gasteiger partial charge in [-0.3, -0.25) is 0 Å². The van der Waals surface area contributed by atoms with E-state index in [4.69, 9.17) is 11.6 Å². The maximum Gasteiger partial charge on any atom is 0.321 e. The summed E-state index contributed by atoms with van der Waals surface area (Å²) in [6.45, 7) is 5.64. The minimum Gasteiger partial charge on any atom is -0.325 e. The number of hydrogen-bond acceptors (Lipinski definition) is 1. The number of hydrogen-bond donors (Lipinski definition) is 1. The Morgan fingerprint density at radius 2 is 1.89 bits per heavy atom. The van der Waals surface area contributed by atoms with Crippen molar-refractivity contribution in [3.8, 4) is 0 Å². The lowest BCUT2D eigenvalue weighted by Crippen LogP contribution is -2.38. The number of aryl methyl sites for hydroxylation is 2. The lowest BCUT2D eigenvalue weighted by molar-refractivity contribution is 0.200. The van der Waals surface area contributed by atoms with Crippen LogP contribution in [0.4, 0.5) is 10.5 Å². The van der Waals surface area contributed by atoms with Crippen molar-refractivity contribution >= 4 is 23.3 Å². The zero-order valence-electron chi connectivity index (χ0n) is 10.9. The highest BCUT2D eigenvalue weighted by Crippen LogP contribution is 2.27. The summed E-state index contributed by atoms with van der Waals surface area (Å²) in [6, 6.07) is 3.86. The van der Waals surface area contributed by atoms with Gasteiger partial charge < -0.3 is 10.2 Å². The van der Waals surface area contributed by atoms with E-state index in [9.17, 15) is 4.79 Å². The maximum absolute atomic E-state index is 12.1. The number of nitrogens with zero attached hydrogens (tertiary/aromatic N) is 1. The molecular formula is C14H19ClN2O. The molecule has 0 aromatic heterocycles. The van der Waals surface area contributed by atoms with E-state index in [1.54, 1.807) is 0 Å². The Bertz CT molecular complexity index is 430. The first-order valence-electron chi connectivity index (χ1n) is 6.40. The van der Waals surface area contributed by atoms with Crippen molar-refractivity contribution in [2.45, 2.75) is 33.1 Å². The molecule has 1 aromatic rings. The van der Waals surface area contributed by atoms with Gasteiger partial charge in [0.2, 0.25) is 0 Å². The van der Waals surface area contributed by atoms with Crippen LogP contribution in [0.1, 0.15) is 30.4 Å². The van der Waals surface area contributed by atoms with Crippen molar-refractivity contribution in [3.05, 3.63) is 28.3 Å². The monoisotopic (exact) mass is 266 g/mol. The second kappa shape index (κ2) is 5.61. The number of carbonyl (C=O) groups is 1. The molecule has 18 heavy (non-hydrogen) atoms. The first-order chi connectivity index (χ1) is 8.58. The lowest BCUT2D eigenvalue weighted by Gasteiger charge is -2.27. The number of nitrogens with one attached hydrogen (secondary N) is 1. The number of carbonyl (C=O) groups excluding carboxylic acids is 1. The number of piperidine rings is 1. The van der Waals surface area contributed by atoms with E-state index < -0.39 is 0 Å². The van der Waals surface area contributed by atoms with Gasteiger partial charge in [0.15, 0.2) is 0 Å². The molecule has 2 rings (SSSR count). The fourth-order valence-electron chi connectivity index (χ4n) is 2.36. The molecular weight excluding hydrogens is 248 g/mol. The van der Waals surface area contributed by atoms with Crippen LogP contribution in [0.15, 0.2) is 12.1 Å². The van der Waals surface area contributed by atoms with Crippen LogP contribution in [-0.2, 0) is 0 Å². The Hall–Kier alpha value is -1.22. The summed E-state index contributed by atoms with van der Waals surface area (Å²) in [5, 5.41) is 3.54. The average molecular weight is 267 g/mol. The Balaban J connectivity index is 2.11. The maximum atomic E-state index is 12.1. The van der Waals surface area contributed by atoms with Crippen molar-refractivity contribution in [1.29, 1.82) is 0 Å². The quantitative estimate of drug-likeness (QED) is 0.819. The van der Waals surface area contributed by atoms with Gasteiger partial charge in [-0.2, -0.15) is 0 Å². The second-order valence-electron chi connectivity index (χ2n) is 4.92. The van der Waals surface area contributed by atoms with Gasteiger partial charge in [0.1, 0.15) is 0 Å². The van der Waals surface area contributed by atoms with E-state index in [2.05, 4.69) is 5.32 Å². The van der Waals surface area contributed by atoms with Gasteiger partial charge in [0.05, 0.1) is 10.7 Å². The van der Waals surface area contributed by atoms with E-state index in [0.717, 1.165) is 42.7 Å². The van der Waals surface area contributed by atoms with Crippen molar-refractivity contribution in [2.24, 2.45) is 0 Å². The summed E-state index contributed by atoms with van der Waals surface area (Å²) >= 11 is 6.18. The van der Waals surface area contributed by atoms with Crippen LogP contribution in [-0.4, -0.2) is 24.0 Å². The number of amides is 2. The molecule has 0 radical (unpaired) electrons. The van der Waals surface area contributed by atoms with E-state index >= 15 is 0 Å². The molecule has 0 saturated carbocycles. The molecule has 0 bridgehead atoms. The molecule has 1 fully saturated rings. The van der Waals surface area contributed by atoms with Crippen molar-refractivity contribution in [2.75, 3.05) is 18.4 Å². The number of anilines is 1. The number of urea groups is 1. The molecule has 98 valence electrons. The molecule has 2 amide bonds. The molecule has 1 heterocycles. The van der Waals surface area contributed by atoms with Gasteiger partial charge in [-0.1, -0.05) is 17.7 Å². The van der Waals surface area contributed by atoms with Crippen LogP contribution < -0.4 is 5.32 Å². The normalized spacial score (nSPS) is 15.6. The van der Waals surface area contributed by atoms with Crippen molar-refractivity contribution in [3.63, 3.8) is 0 Å². The number of rotatable bonds is 1. The third kappa shape index (κ3) is 2.96. The Kier molecular flexibility index (Phi) is 4.12. The second-order valence-corrected chi connectivity index (χ2v) is 5.32. The van der Waals surface area contributed by atoms with Crippen LogP contribution >= 0.6 is 11.6 Å². The fraction of sp³-hybridized carbons (Fsp3) is 0.500. The zero-order chi connectivity index (χ0) is 13.1. The zero-order valence-corrected chi connectivity index (χ0v) is 11.7. The van der Waals surface area contributed by atoms with E-state index in [0.29, 0.717) is 5.02 Å². The Morgan fingerprint density at radius 3 is 2.50 bits per heavy atom. The van der Waals surface area contributed by atoms with Crippen LogP contribution in [0.3, 0.4) is 0 Å². The first kappa shape index (κ1) is 13.2. The van der Waals surface area contributed by atoms with Gasteiger partial charge >= 0.3 is 6.03 Å². The summed E-state index contributed by atoms with van der Waals surface area (Å²) < 4.78 is 0. The van der Waals surface area contributed by atoms with E-state index in [1.807, 2.05) is 30.9 Å². The summed E-state index contributed by atoms with van der Waals surface area (Å²) in [4.78, 5) is 14.0. The van der Waals surface area contributed by atoms with Gasteiger partial charge in [0.25, 0.3) is 0 Å². The van der Waals surface area contributed by atoms with Gasteiger partial charge in [-0.15, -0.1) is 0 Å². The standard InChI is InChI=1S/C14H19ClN2O/c1-10-8-11(2)13(12(15)9-10)16-14(18)17-6-4-3-5-7-17/h8-9H,3-7H2,1-2H3,(H,16,18). The Morgan fingerprint density at radius 1 is 1.22 bits per heavy atom. The predicted octanol–water partition coefficient (Wildman–Crippen LogP) is 3.97. The highest BCUT2D eigenvalue weighted by molar-refractivity contribution is 6.34. The van der Waals surface area contributed by atoms with Crippen LogP contribution in [0, 0.1) is 13.8 Å². The lowest BCUT2D eigenvalue weighted by atomic mass is 10.1. The molecule has 1 aromatic carbocycles. The SMILES string of the molecule is Cc1cc(C)c(NC(=O)N2CCCCC2)c(Cl)c1. The fourth-order valence-corrected chi connectivity index (χ4v) is 2.73. The van der Waals surface area contributed by atoms with Crippen LogP contribution in [0.25, 0.3) is 0 Å². The van der Waals surface area contributed by atoms with Gasteiger partial charge in [0, 0.05) is 13.1 Å². The molecule has 0 unspecified atom stereocenters. The minimum atomic E-state index is -0.0384. The minimum absolute atomic E-state index is 0.0384. The van der Waals surface area contributed by atoms with E-state index in [1.165, 1.54) is 6.42 Å². The molecule has 0 aliphatic carbocycles. The highest BCUT2D eigenvalue weighted by Gasteiger charge is 2.18. The van der Waals surface area contributed by atoms with Gasteiger partial charge in [-0.25, -0.2) is 4.79 Å². The number of halogens is 1. The summed E-state index contributed by atoms with van der Waals surface area (Å²) in [5.41, 5.74) is 2.84. The van der Waals surface area contributed by atoms with Crippen LogP contribution in [0.2, 0.25) is 5.02 Å². The number of likely N-dealkylation sites (tertiary alicyclic amines) is 1. The first-order valence-corrected chi connectivity index (χ1v) is 6.78. The summed E-state index contributed by atoms with van der Waals surface area (Å²) in [5.74, 6) is 0. The van der Waals surface area contributed by atoms with E-state index in [-0.39, 0.29) is 6.03 Å². The Labute approximate surface area is 113 Å². The van der Waals surface area contributed by atoms with Gasteiger partial charge in [-0.05, 0) is 50.3 Å². The largest absolute Gasteiger partial charge is 0.325 e. The predicted molar refractivity (Wildman–Crippen MR) is 75.4 cm³/mol. The molecule has 0 spiro atoms. The summed E-state index contributed by atoms with van der Waals surface area (Å²) in [6.07, 6.45) is 3.40. The molecule has 0 atom stereocenters. The van der Waals surface area contributed by atoms with Crippen molar-refractivity contribution in [1.82, 2.24) is 4.90 Å². The topological polar surface area (TPSA) is 32.3 Å². The molecule has 1 saturated heterocycles. The molecule has 3 nitrogen and oxygen atoms in total. The molecule has 1 aliphatic heterocycles.